The van der Waals surface area contributed by atoms with E-state index in [1.807, 2.05) is 0 Å². The van der Waals surface area contributed by atoms with E-state index >= 15 is 0 Å². The zero-order valence-corrected chi connectivity index (χ0v) is 18.9. The monoisotopic (exact) mass is 499 g/mol. The molecule has 35 heavy (non-hydrogen) atoms. The lowest BCUT2D eigenvalue weighted by Gasteiger charge is -2.45. The molecular weight excluding hydrogens is 477 g/mol. The van der Waals surface area contributed by atoms with E-state index < -0.39 is 46.8 Å². The molecule has 3 aromatic rings. The number of amides is 2. The smallest absolute Gasteiger partial charge is 0.416 e. The number of carbonyl (C=O) groups is 1. The van der Waals surface area contributed by atoms with Crippen LogP contribution >= 0.6 is 0 Å². The summed E-state index contributed by atoms with van der Waals surface area (Å²) in [4.78, 5) is 22.3. The fourth-order valence-corrected chi connectivity index (χ4v) is 3.77. The SMILES string of the molecule is Cc1c([C@@H](NC(=O)Nc2cnc(N3CC(C(C)(C)O)C3)nc2)C(F)(F)F)oc2c(F)cc(F)cc12. The van der Waals surface area contributed by atoms with Crippen LogP contribution in [0.5, 0.6) is 0 Å². The summed E-state index contributed by atoms with van der Waals surface area (Å²) in [6, 6.07) is -2.51. The van der Waals surface area contributed by atoms with Crippen molar-refractivity contribution in [3.05, 3.63) is 47.5 Å². The summed E-state index contributed by atoms with van der Waals surface area (Å²) in [5.41, 5.74) is -1.52. The van der Waals surface area contributed by atoms with Crippen molar-refractivity contribution in [2.75, 3.05) is 23.3 Å². The van der Waals surface area contributed by atoms with Crippen LogP contribution < -0.4 is 15.5 Å². The highest BCUT2D eigenvalue weighted by molar-refractivity contribution is 5.89. The van der Waals surface area contributed by atoms with Crippen molar-refractivity contribution in [3.63, 3.8) is 0 Å². The first-order chi connectivity index (χ1) is 16.2. The molecule has 3 heterocycles. The summed E-state index contributed by atoms with van der Waals surface area (Å²) in [5, 5.41) is 13.8. The van der Waals surface area contributed by atoms with E-state index in [-0.39, 0.29) is 22.6 Å². The highest BCUT2D eigenvalue weighted by Gasteiger charge is 2.45. The van der Waals surface area contributed by atoms with Crippen LogP contribution in [0.2, 0.25) is 0 Å². The van der Waals surface area contributed by atoms with E-state index in [0.717, 1.165) is 6.07 Å². The lowest BCUT2D eigenvalue weighted by atomic mass is 9.85. The Morgan fingerprint density at radius 3 is 2.40 bits per heavy atom. The zero-order chi connectivity index (χ0) is 25.7. The van der Waals surface area contributed by atoms with Crippen molar-refractivity contribution in [3.8, 4) is 0 Å². The second-order valence-corrected chi connectivity index (χ2v) is 8.96. The Kier molecular flexibility index (Phi) is 6.07. The second-order valence-electron chi connectivity index (χ2n) is 8.96. The molecule has 1 aromatic carbocycles. The van der Waals surface area contributed by atoms with Crippen molar-refractivity contribution in [2.45, 2.75) is 38.6 Å². The van der Waals surface area contributed by atoms with Crippen LogP contribution in [-0.2, 0) is 0 Å². The molecule has 0 aliphatic carbocycles. The molecule has 188 valence electrons. The van der Waals surface area contributed by atoms with Crippen LogP contribution in [-0.4, -0.2) is 46.0 Å². The van der Waals surface area contributed by atoms with Gasteiger partial charge in [0.1, 0.15) is 11.6 Å². The summed E-state index contributed by atoms with van der Waals surface area (Å²) in [6.07, 6.45) is -2.54. The van der Waals surface area contributed by atoms with Gasteiger partial charge in [-0.15, -0.1) is 0 Å². The van der Waals surface area contributed by atoms with E-state index in [0.29, 0.717) is 25.1 Å². The number of nitrogens with one attached hydrogen (secondary N) is 2. The molecule has 1 aliphatic rings. The topological polar surface area (TPSA) is 104 Å². The van der Waals surface area contributed by atoms with Gasteiger partial charge in [0.15, 0.2) is 17.4 Å². The van der Waals surface area contributed by atoms with Crippen LogP contribution in [0.25, 0.3) is 11.0 Å². The molecule has 13 heteroatoms. The number of aryl methyl sites for hydroxylation is 1. The van der Waals surface area contributed by atoms with Gasteiger partial charge in [-0.2, -0.15) is 13.2 Å². The molecule has 0 saturated carbocycles. The maximum Gasteiger partial charge on any atom is 0.416 e. The maximum absolute atomic E-state index is 14.0. The van der Waals surface area contributed by atoms with E-state index in [2.05, 4.69) is 15.3 Å². The third kappa shape index (κ3) is 4.99. The number of halogens is 5. The van der Waals surface area contributed by atoms with E-state index in [4.69, 9.17) is 4.42 Å². The Morgan fingerprint density at radius 1 is 1.20 bits per heavy atom. The standard InChI is InChI=1S/C22H22F5N5O3/c1-10-14-4-12(23)5-15(24)17(14)35-16(10)18(22(25,26)27)31-20(33)30-13-6-28-19(29-7-13)32-8-11(9-32)21(2,3)34/h4-7,11,18,34H,8-9H2,1-3H3,(H2,30,31,33)/t18-/m1/s1. The van der Waals surface area contributed by atoms with Crippen molar-refractivity contribution in [1.29, 1.82) is 0 Å². The number of carbonyl (C=O) groups excluding carboxylic acids is 1. The zero-order valence-electron chi connectivity index (χ0n) is 18.9. The molecule has 1 aliphatic heterocycles. The van der Waals surface area contributed by atoms with Gasteiger partial charge in [0.25, 0.3) is 0 Å². The first kappa shape index (κ1) is 24.6. The predicted molar refractivity (Wildman–Crippen MR) is 116 cm³/mol. The lowest BCUT2D eigenvalue weighted by molar-refractivity contribution is -0.158. The minimum atomic E-state index is -5.00. The number of alkyl halides is 3. The largest absolute Gasteiger partial charge is 0.455 e. The number of aromatic nitrogens is 2. The average molecular weight is 499 g/mol. The highest BCUT2D eigenvalue weighted by atomic mass is 19.4. The van der Waals surface area contributed by atoms with E-state index in [9.17, 15) is 31.9 Å². The van der Waals surface area contributed by atoms with Crippen LogP contribution in [0.3, 0.4) is 0 Å². The summed E-state index contributed by atoms with van der Waals surface area (Å²) >= 11 is 0. The Morgan fingerprint density at radius 2 is 1.83 bits per heavy atom. The molecule has 2 amide bonds. The van der Waals surface area contributed by atoms with Gasteiger partial charge in [0.2, 0.25) is 5.95 Å². The minimum Gasteiger partial charge on any atom is -0.455 e. The molecule has 1 saturated heterocycles. The fraction of sp³-hybridized carbons (Fsp3) is 0.409. The highest BCUT2D eigenvalue weighted by Crippen LogP contribution is 2.39. The quantitative estimate of drug-likeness (QED) is 0.449. The third-order valence-corrected chi connectivity index (χ3v) is 5.92. The first-order valence-electron chi connectivity index (χ1n) is 10.6. The second kappa shape index (κ2) is 8.63. The van der Waals surface area contributed by atoms with Crippen molar-refractivity contribution >= 4 is 28.6 Å². The summed E-state index contributed by atoms with van der Waals surface area (Å²) < 4.78 is 73.9. The van der Waals surface area contributed by atoms with Crippen LogP contribution in [0.4, 0.5) is 38.4 Å². The summed E-state index contributed by atoms with van der Waals surface area (Å²) in [6.45, 7) is 5.69. The molecule has 4 rings (SSSR count). The number of fused-ring (bicyclic) bond motifs is 1. The van der Waals surface area contributed by atoms with E-state index in [1.54, 1.807) is 24.1 Å². The molecular formula is C22H22F5N5O3. The third-order valence-electron chi connectivity index (χ3n) is 5.92. The summed E-state index contributed by atoms with van der Waals surface area (Å²) in [5.74, 6) is -2.51. The Labute approximate surface area is 196 Å². The predicted octanol–water partition coefficient (Wildman–Crippen LogP) is 4.44. The number of nitrogens with zero attached hydrogens (tertiary/aromatic N) is 3. The number of aliphatic hydroxyl groups is 1. The maximum atomic E-state index is 14.0. The van der Waals surface area contributed by atoms with Gasteiger partial charge in [0, 0.05) is 36.0 Å². The van der Waals surface area contributed by atoms with Crippen LogP contribution in [0.15, 0.2) is 28.9 Å². The van der Waals surface area contributed by atoms with Gasteiger partial charge in [0.05, 0.1) is 23.7 Å². The number of urea groups is 1. The average Bonchev–Trinajstić information content (AvgIpc) is 3.01. The molecule has 0 bridgehead atoms. The molecule has 0 spiro atoms. The van der Waals surface area contributed by atoms with Gasteiger partial charge in [-0.3, -0.25) is 0 Å². The van der Waals surface area contributed by atoms with Crippen LogP contribution in [0, 0.1) is 24.5 Å². The van der Waals surface area contributed by atoms with Gasteiger partial charge in [-0.05, 0) is 26.8 Å². The number of rotatable bonds is 5. The number of hydrogen-bond donors (Lipinski definition) is 3. The molecule has 3 N–H and O–H groups in total. The Hall–Kier alpha value is -3.48. The van der Waals surface area contributed by atoms with Gasteiger partial charge < -0.3 is 25.1 Å². The lowest BCUT2D eigenvalue weighted by Crippen LogP contribution is -2.56. The molecule has 0 unspecified atom stereocenters. The number of benzene rings is 1. The van der Waals surface area contributed by atoms with Gasteiger partial charge >= 0.3 is 12.2 Å². The van der Waals surface area contributed by atoms with Crippen molar-refractivity contribution in [2.24, 2.45) is 5.92 Å². The number of anilines is 2. The fourth-order valence-electron chi connectivity index (χ4n) is 3.77. The first-order valence-corrected chi connectivity index (χ1v) is 10.6. The van der Waals surface area contributed by atoms with Crippen molar-refractivity contribution < 1.29 is 36.3 Å². The Bertz CT molecular complexity index is 1250. The van der Waals surface area contributed by atoms with Gasteiger partial charge in [-0.25, -0.2) is 23.5 Å². The van der Waals surface area contributed by atoms with Crippen LogP contribution in [0.1, 0.15) is 31.2 Å². The Balaban J connectivity index is 1.47. The van der Waals surface area contributed by atoms with Crippen molar-refractivity contribution in [1.82, 2.24) is 15.3 Å². The number of hydrogen-bond acceptors (Lipinski definition) is 6. The molecule has 8 nitrogen and oxygen atoms in total. The molecule has 1 fully saturated rings. The normalized spacial score (nSPS) is 15.7. The molecule has 0 radical (unpaired) electrons. The van der Waals surface area contributed by atoms with Gasteiger partial charge in [-0.1, -0.05) is 0 Å². The molecule has 1 atom stereocenters. The van der Waals surface area contributed by atoms with E-state index in [1.165, 1.54) is 19.3 Å². The molecule has 2 aromatic heterocycles. The minimum absolute atomic E-state index is 0.0289. The number of furan rings is 1. The summed E-state index contributed by atoms with van der Waals surface area (Å²) in [7, 11) is 0.